The van der Waals surface area contributed by atoms with E-state index in [1.54, 1.807) is 4.88 Å². The predicted molar refractivity (Wildman–Crippen MR) is 62.9 cm³/mol. The van der Waals surface area contributed by atoms with Crippen LogP contribution in [0.25, 0.3) is 0 Å². The molecule has 0 aromatic carbocycles. The molecule has 1 saturated heterocycles. The summed E-state index contributed by atoms with van der Waals surface area (Å²) in [5, 5.41) is 5.80. The minimum Gasteiger partial charge on any atom is -0.314 e. The summed E-state index contributed by atoms with van der Waals surface area (Å²) in [5.74, 6) is 0.787. The Bertz CT molecular complexity index is 286. The van der Waals surface area contributed by atoms with Gasteiger partial charge in [0.05, 0.1) is 0 Å². The Balaban J connectivity index is 1.93. The summed E-state index contributed by atoms with van der Waals surface area (Å²) in [6.45, 7) is 5.82. The Morgan fingerprint density at radius 3 is 3.07 bits per heavy atom. The van der Waals surface area contributed by atoms with E-state index in [9.17, 15) is 0 Å². The number of hydrogen-bond donors (Lipinski definition) is 1. The molecule has 2 atom stereocenters. The van der Waals surface area contributed by atoms with E-state index in [1.165, 1.54) is 31.4 Å². The van der Waals surface area contributed by atoms with E-state index in [0.29, 0.717) is 0 Å². The van der Waals surface area contributed by atoms with Crippen LogP contribution in [0.2, 0.25) is 0 Å². The van der Waals surface area contributed by atoms with Crippen LogP contribution in [0.15, 0.2) is 11.4 Å². The number of nitrogens with one attached hydrogen (secondary N) is 1. The van der Waals surface area contributed by atoms with Crippen molar-refractivity contribution in [2.24, 2.45) is 5.92 Å². The first kappa shape index (κ1) is 10.2. The van der Waals surface area contributed by atoms with Gasteiger partial charge >= 0.3 is 0 Å². The predicted octanol–water partition coefficient (Wildman–Crippen LogP) is 2.99. The van der Waals surface area contributed by atoms with Gasteiger partial charge in [0.2, 0.25) is 0 Å². The van der Waals surface area contributed by atoms with Gasteiger partial charge < -0.3 is 5.32 Å². The van der Waals surface area contributed by atoms with Crippen molar-refractivity contribution in [1.29, 1.82) is 0 Å². The second kappa shape index (κ2) is 4.45. The summed E-state index contributed by atoms with van der Waals surface area (Å²) in [6.07, 6.45) is 3.98. The first-order valence-corrected chi connectivity index (χ1v) is 6.41. The van der Waals surface area contributed by atoms with E-state index in [1.807, 2.05) is 11.3 Å². The Morgan fingerprint density at radius 1 is 1.64 bits per heavy atom. The van der Waals surface area contributed by atoms with E-state index in [-0.39, 0.29) is 0 Å². The summed E-state index contributed by atoms with van der Waals surface area (Å²) >= 11 is 1.91. The van der Waals surface area contributed by atoms with E-state index < -0.39 is 0 Å². The standard InChI is InChI=1S/C12H19NS/c1-9-5-7-14-12(9)8-10(2)11-4-3-6-13-11/h5,7,10-11,13H,3-4,6,8H2,1-2H3. The van der Waals surface area contributed by atoms with Gasteiger partial charge in [-0.2, -0.15) is 0 Å². The van der Waals surface area contributed by atoms with Crippen molar-refractivity contribution in [2.45, 2.75) is 39.2 Å². The molecule has 0 radical (unpaired) electrons. The highest BCUT2D eigenvalue weighted by Crippen LogP contribution is 2.24. The van der Waals surface area contributed by atoms with Crippen LogP contribution in [-0.2, 0) is 6.42 Å². The Kier molecular flexibility index (Phi) is 3.24. The molecule has 2 heterocycles. The lowest BCUT2D eigenvalue weighted by molar-refractivity contribution is 0.419. The molecule has 14 heavy (non-hydrogen) atoms. The summed E-state index contributed by atoms with van der Waals surface area (Å²) < 4.78 is 0. The second-order valence-corrected chi connectivity index (χ2v) is 5.41. The van der Waals surface area contributed by atoms with E-state index >= 15 is 0 Å². The van der Waals surface area contributed by atoms with Crippen LogP contribution >= 0.6 is 11.3 Å². The molecule has 1 aromatic heterocycles. The first-order valence-electron chi connectivity index (χ1n) is 5.53. The van der Waals surface area contributed by atoms with Gasteiger partial charge in [0.25, 0.3) is 0 Å². The molecule has 1 aliphatic heterocycles. The van der Waals surface area contributed by atoms with Crippen molar-refractivity contribution in [3.8, 4) is 0 Å². The van der Waals surface area contributed by atoms with Gasteiger partial charge in [-0.3, -0.25) is 0 Å². The average molecular weight is 209 g/mol. The highest BCUT2D eigenvalue weighted by Gasteiger charge is 2.21. The fraction of sp³-hybridized carbons (Fsp3) is 0.667. The van der Waals surface area contributed by atoms with Gasteiger partial charge in [-0.25, -0.2) is 0 Å². The van der Waals surface area contributed by atoms with Gasteiger partial charge in [0.1, 0.15) is 0 Å². The average Bonchev–Trinajstić information content (AvgIpc) is 2.77. The lowest BCUT2D eigenvalue weighted by atomic mass is 9.95. The fourth-order valence-corrected chi connectivity index (χ4v) is 3.29. The molecular weight excluding hydrogens is 190 g/mol. The number of hydrogen-bond acceptors (Lipinski definition) is 2. The van der Waals surface area contributed by atoms with Crippen molar-refractivity contribution in [3.05, 3.63) is 21.9 Å². The molecule has 0 saturated carbocycles. The number of rotatable bonds is 3. The smallest absolute Gasteiger partial charge is 0.00966 e. The van der Waals surface area contributed by atoms with Crippen LogP contribution in [-0.4, -0.2) is 12.6 Å². The lowest BCUT2D eigenvalue weighted by Gasteiger charge is -2.18. The molecule has 2 heteroatoms. The highest BCUT2D eigenvalue weighted by molar-refractivity contribution is 7.10. The minimum absolute atomic E-state index is 0.761. The van der Waals surface area contributed by atoms with Gasteiger partial charge in [-0.15, -0.1) is 11.3 Å². The molecule has 1 fully saturated rings. The number of thiophene rings is 1. The largest absolute Gasteiger partial charge is 0.314 e. The highest BCUT2D eigenvalue weighted by atomic mass is 32.1. The van der Waals surface area contributed by atoms with Crippen LogP contribution in [0.5, 0.6) is 0 Å². The molecule has 0 amide bonds. The van der Waals surface area contributed by atoms with Crippen molar-refractivity contribution < 1.29 is 0 Å². The summed E-state index contributed by atoms with van der Waals surface area (Å²) in [4.78, 5) is 1.58. The summed E-state index contributed by atoms with van der Waals surface area (Å²) in [7, 11) is 0. The maximum absolute atomic E-state index is 3.59. The summed E-state index contributed by atoms with van der Waals surface area (Å²) in [5.41, 5.74) is 1.47. The van der Waals surface area contributed by atoms with Crippen LogP contribution in [0.1, 0.15) is 30.2 Å². The van der Waals surface area contributed by atoms with Crippen LogP contribution in [0.3, 0.4) is 0 Å². The van der Waals surface area contributed by atoms with Crippen LogP contribution in [0.4, 0.5) is 0 Å². The van der Waals surface area contributed by atoms with Gasteiger partial charge in [0, 0.05) is 10.9 Å². The fourth-order valence-electron chi connectivity index (χ4n) is 2.25. The lowest BCUT2D eigenvalue weighted by Crippen LogP contribution is -2.29. The molecule has 1 nitrogen and oxygen atoms in total. The third-order valence-electron chi connectivity index (χ3n) is 3.26. The first-order chi connectivity index (χ1) is 6.77. The van der Waals surface area contributed by atoms with E-state index in [4.69, 9.17) is 0 Å². The Morgan fingerprint density at radius 2 is 2.50 bits per heavy atom. The van der Waals surface area contributed by atoms with Crippen molar-refractivity contribution in [2.75, 3.05) is 6.54 Å². The SMILES string of the molecule is Cc1ccsc1CC(C)C1CCCN1. The zero-order chi connectivity index (χ0) is 9.97. The zero-order valence-electron chi connectivity index (χ0n) is 9.05. The molecule has 2 unspecified atom stereocenters. The third-order valence-corrected chi connectivity index (χ3v) is 4.31. The second-order valence-electron chi connectivity index (χ2n) is 4.41. The molecule has 0 aliphatic carbocycles. The van der Waals surface area contributed by atoms with Gasteiger partial charge in [-0.05, 0) is 55.7 Å². The summed E-state index contributed by atoms with van der Waals surface area (Å²) in [6, 6.07) is 2.99. The maximum atomic E-state index is 3.59. The molecule has 1 aliphatic rings. The molecule has 78 valence electrons. The Hall–Kier alpha value is -0.340. The molecule has 2 rings (SSSR count). The monoisotopic (exact) mass is 209 g/mol. The topological polar surface area (TPSA) is 12.0 Å². The normalized spacial score (nSPS) is 24.0. The number of aryl methyl sites for hydroxylation is 1. The molecule has 1 N–H and O–H groups in total. The molecular formula is C12H19NS. The maximum Gasteiger partial charge on any atom is 0.00966 e. The van der Waals surface area contributed by atoms with Crippen LogP contribution < -0.4 is 5.32 Å². The van der Waals surface area contributed by atoms with E-state index in [2.05, 4.69) is 30.6 Å². The van der Waals surface area contributed by atoms with Gasteiger partial charge in [-0.1, -0.05) is 6.92 Å². The van der Waals surface area contributed by atoms with Crippen molar-refractivity contribution in [3.63, 3.8) is 0 Å². The minimum atomic E-state index is 0.761. The quantitative estimate of drug-likeness (QED) is 0.807. The molecule has 0 spiro atoms. The molecule has 1 aromatic rings. The third kappa shape index (κ3) is 2.18. The van der Waals surface area contributed by atoms with Crippen LogP contribution in [0, 0.1) is 12.8 Å². The van der Waals surface area contributed by atoms with Gasteiger partial charge in [0.15, 0.2) is 0 Å². The zero-order valence-corrected chi connectivity index (χ0v) is 9.86. The van der Waals surface area contributed by atoms with Crippen molar-refractivity contribution >= 4 is 11.3 Å². The van der Waals surface area contributed by atoms with E-state index in [0.717, 1.165) is 12.0 Å². The van der Waals surface area contributed by atoms with Crippen molar-refractivity contribution in [1.82, 2.24) is 5.32 Å². The molecule has 0 bridgehead atoms. The Labute approximate surface area is 90.5 Å².